The van der Waals surface area contributed by atoms with Crippen molar-refractivity contribution in [2.24, 2.45) is 0 Å². The highest BCUT2D eigenvalue weighted by Crippen LogP contribution is 2.14. The molecule has 1 saturated heterocycles. The molecule has 4 heteroatoms. The zero-order valence-electron chi connectivity index (χ0n) is 12.2. The Hall–Kier alpha value is -0.870. The Bertz CT molecular complexity index is 436. The number of rotatable bonds is 4. The highest BCUT2D eigenvalue weighted by atomic mass is 79.9. The molecular formula is C16H23BrN2O. The molecule has 0 spiro atoms. The lowest BCUT2D eigenvalue weighted by molar-refractivity contribution is 0.0900. The summed E-state index contributed by atoms with van der Waals surface area (Å²) >= 11 is 3.41. The van der Waals surface area contributed by atoms with Crippen LogP contribution in [0, 0.1) is 0 Å². The third-order valence-electron chi connectivity index (χ3n) is 3.97. The number of carbonyl (C=O) groups excluding carboxylic acids is 1. The molecule has 0 radical (unpaired) electrons. The first-order valence-electron chi connectivity index (χ1n) is 7.30. The third-order valence-corrected chi connectivity index (χ3v) is 4.61. The Morgan fingerprint density at radius 1 is 1.30 bits per heavy atom. The van der Waals surface area contributed by atoms with Gasteiger partial charge in [-0.25, -0.2) is 0 Å². The van der Waals surface area contributed by atoms with Gasteiger partial charge >= 0.3 is 0 Å². The summed E-state index contributed by atoms with van der Waals surface area (Å²) in [5.41, 5.74) is 1.94. The number of piperidine rings is 1. The van der Waals surface area contributed by atoms with Gasteiger partial charge in [0.2, 0.25) is 0 Å². The molecule has 20 heavy (non-hydrogen) atoms. The number of amides is 1. The molecule has 110 valence electrons. The Balaban J connectivity index is 1.85. The number of hydrogen-bond donors (Lipinski definition) is 1. The van der Waals surface area contributed by atoms with Crippen molar-refractivity contribution < 1.29 is 4.79 Å². The number of likely N-dealkylation sites (tertiary alicyclic amines) is 1. The Kier molecular flexibility index (Phi) is 5.61. The van der Waals surface area contributed by atoms with Crippen molar-refractivity contribution in [3.63, 3.8) is 0 Å². The van der Waals surface area contributed by atoms with Crippen LogP contribution < -0.4 is 5.32 Å². The average molecular weight is 339 g/mol. The van der Waals surface area contributed by atoms with Crippen molar-refractivity contribution >= 4 is 21.8 Å². The molecule has 1 aliphatic heterocycles. The van der Waals surface area contributed by atoms with Crippen LogP contribution in [0.4, 0.5) is 0 Å². The fraction of sp³-hybridized carbons (Fsp3) is 0.562. The summed E-state index contributed by atoms with van der Waals surface area (Å²) in [4.78, 5) is 14.7. The minimum absolute atomic E-state index is 0.0501. The Morgan fingerprint density at radius 3 is 2.40 bits per heavy atom. The Labute approximate surface area is 129 Å². The van der Waals surface area contributed by atoms with Crippen LogP contribution in [0.25, 0.3) is 0 Å². The first-order valence-corrected chi connectivity index (χ1v) is 8.42. The van der Waals surface area contributed by atoms with Crippen LogP contribution in [-0.2, 0) is 5.33 Å². The topological polar surface area (TPSA) is 32.3 Å². The van der Waals surface area contributed by atoms with Crippen LogP contribution in [-0.4, -0.2) is 36.0 Å². The molecule has 1 aromatic rings. The summed E-state index contributed by atoms with van der Waals surface area (Å²) < 4.78 is 0. The maximum Gasteiger partial charge on any atom is 0.251 e. The maximum absolute atomic E-state index is 12.2. The molecule has 0 aromatic heterocycles. The second-order valence-corrected chi connectivity index (χ2v) is 6.27. The number of hydrogen-bond acceptors (Lipinski definition) is 2. The Morgan fingerprint density at radius 2 is 1.90 bits per heavy atom. The van der Waals surface area contributed by atoms with Gasteiger partial charge in [-0.15, -0.1) is 0 Å². The van der Waals surface area contributed by atoms with Crippen molar-refractivity contribution in [2.45, 2.75) is 44.1 Å². The van der Waals surface area contributed by atoms with E-state index >= 15 is 0 Å². The van der Waals surface area contributed by atoms with E-state index in [0.717, 1.165) is 36.8 Å². The SMILES string of the molecule is CC(C)N1CCC(NC(=O)c2ccc(CBr)cc2)CC1. The highest BCUT2D eigenvalue weighted by Gasteiger charge is 2.22. The molecule has 0 aliphatic carbocycles. The molecule has 1 heterocycles. The maximum atomic E-state index is 12.2. The fourth-order valence-electron chi connectivity index (χ4n) is 2.57. The van der Waals surface area contributed by atoms with Crippen LogP contribution in [0.15, 0.2) is 24.3 Å². The molecule has 2 rings (SSSR count). The quantitative estimate of drug-likeness (QED) is 0.855. The van der Waals surface area contributed by atoms with Crippen molar-refractivity contribution in [2.75, 3.05) is 13.1 Å². The molecule has 0 saturated carbocycles. The van der Waals surface area contributed by atoms with E-state index in [-0.39, 0.29) is 5.91 Å². The van der Waals surface area contributed by atoms with Gasteiger partial charge in [0.25, 0.3) is 5.91 Å². The van der Waals surface area contributed by atoms with Gasteiger partial charge in [0.15, 0.2) is 0 Å². The van der Waals surface area contributed by atoms with Gasteiger partial charge in [-0.2, -0.15) is 0 Å². The summed E-state index contributed by atoms with van der Waals surface area (Å²) in [5, 5.41) is 3.98. The van der Waals surface area contributed by atoms with Gasteiger partial charge in [-0.1, -0.05) is 28.1 Å². The number of alkyl halides is 1. The lowest BCUT2D eigenvalue weighted by Gasteiger charge is -2.34. The van der Waals surface area contributed by atoms with Gasteiger partial charge in [-0.05, 0) is 44.4 Å². The monoisotopic (exact) mass is 338 g/mol. The summed E-state index contributed by atoms with van der Waals surface area (Å²) in [6.07, 6.45) is 2.09. The minimum Gasteiger partial charge on any atom is -0.349 e. The molecule has 1 N–H and O–H groups in total. The molecule has 1 aromatic carbocycles. The van der Waals surface area contributed by atoms with Crippen LogP contribution in [0.5, 0.6) is 0 Å². The lowest BCUT2D eigenvalue weighted by Crippen LogP contribution is -2.46. The lowest BCUT2D eigenvalue weighted by atomic mass is 10.0. The van der Waals surface area contributed by atoms with Crippen molar-refractivity contribution in [1.29, 1.82) is 0 Å². The summed E-state index contributed by atoms with van der Waals surface area (Å²) in [6, 6.07) is 8.69. The highest BCUT2D eigenvalue weighted by molar-refractivity contribution is 9.08. The van der Waals surface area contributed by atoms with Crippen LogP contribution in [0.1, 0.15) is 42.6 Å². The van der Waals surface area contributed by atoms with E-state index in [0.29, 0.717) is 12.1 Å². The van der Waals surface area contributed by atoms with Crippen molar-refractivity contribution in [3.05, 3.63) is 35.4 Å². The number of nitrogens with zero attached hydrogens (tertiary/aromatic N) is 1. The van der Waals surface area contributed by atoms with Gasteiger partial charge in [0, 0.05) is 36.1 Å². The smallest absolute Gasteiger partial charge is 0.251 e. The van der Waals surface area contributed by atoms with E-state index in [2.05, 4.69) is 40.0 Å². The van der Waals surface area contributed by atoms with E-state index in [1.807, 2.05) is 24.3 Å². The molecule has 1 fully saturated rings. The predicted molar refractivity (Wildman–Crippen MR) is 86.3 cm³/mol. The first kappa shape index (κ1) is 15.5. The molecule has 0 unspecified atom stereocenters. The molecular weight excluding hydrogens is 316 g/mol. The molecule has 0 bridgehead atoms. The van der Waals surface area contributed by atoms with Crippen LogP contribution in [0.3, 0.4) is 0 Å². The van der Waals surface area contributed by atoms with E-state index < -0.39 is 0 Å². The van der Waals surface area contributed by atoms with Gasteiger partial charge < -0.3 is 10.2 Å². The van der Waals surface area contributed by atoms with E-state index in [9.17, 15) is 4.79 Å². The summed E-state index contributed by atoms with van der Waals surface area (Å²) in [7, 11) is 0. The number of nitrogens with one attached hydrogen (secondary N) is 1. The fourth-order valence-corrected chi connectivity index (χ4v) is 2.95. The third kappa shape index (κ3) is 4.06. The number of halogens is 1. The molecule has 0 atom stereocenters. The summed E-state index contributed by atoms with van der Waals surface area (Å²) in [5.74, 6) is 0.0501. The second kappa shape index (κ2) is 7.23. The van der Waals surface area contributed by atoms with Crippen LogP contribution >= 0.6 is 15.9 Å². The van der Waals surface area contributed by atoms with Crippen LogP contribution in [0.2, 0.25) is 0 Å². The minimum atomic E-state index is 0.0501. The number of carbonyl (C=O) groups is 1. The second-order valence-electron chi connectivity index (χ2n) is 5.71. The zero-order chi connectivity index (χ0) is 14.5. The zero-order valence-corrected chi connectivity index (χ0v) is 13.8. The van der Waals surface area contributed by atoms with E-state index in [1.165, 1.54) is 5.56 Å². The predicted octanol–water partition coefficient (Wildman–Crippen LogP) is 3.18. The first-order chi connectivity index (χ1) is 9.60. The van der Waals surface area contributed by atoms with Crippen molar-refractivity contribution in [3.8, 4) is 0 Å². The molecule has 3 nitrogen and oxygen atoms in total. The van der Waals surface area contributed by atoms with Gasteiger partial charge in [0.05, 0.1) is 0 Å². The van der Waals surface area contributed by atoms with E-state index in [1.54, 1.807) is 0 Å². The standard InChI is InChI=1S/C16H23BrN2O/c1-12(2)19-9-7-15(8-10-19)18-16(20)14-5-3-13(11-17)4-6-14/h3-6,12,15H,7-11H2,1-2H3,(H,18,20). The van der Waals surface area contributed by atoms with Gasteiger partial charge in [-0.3, -0.25) is 4.79 Å². The summed E-state index contributed by atoms with van der Waals surface area (Å²) in [6.45, 7) is 6.60. The average Bonchev–Trinajstić information content (AvgIpc) is 2.48. The van der Waals surface area contributed by atoms with Gasteiger partial charge in [0.1, 0.15) is 0 Å². The largest absolute Gasteiger partial charge is 0.349 e. The molecule has 1 amide bonds. The number of benzene rings is 1. The van der Waals surface area contributed by atoms with E-state index in [4.69, 9.17) is 0 Å². The van der Waals surface area contributed by atoms with Crippen molar-refractivity contribution in [1.82, 2.24) is 10.2 Å². The normalized spacial score (nSPS) is 17.4. The molecule has 1 aliphatic rings.